The Morgan fingerprint density at radius 1 is 1.15 bits per heavy atom. The van der Waals surface area contributed by atoms with Gasteiger partial charge in [0.2, 0.25) is 17.7 Å². The normalized spacial score (nSPS) is 29.7. The number of aliphatic hydroxyl groups is 1. The highest BCUT2D eigenvalue weighted by Gasteiger charge is 2.79. The fourth-order valence-electron chi connectivity index (χ4n) is 7.33. The molecule has 40 heavy (non-hydrogen) atoms. The van der Waals surface area contributed by atoms with Gasteiger partial charge in [-0.3, -0.25) is 14.4 Å². The molecule has 1 N–H and O–H groups in total. The lowest BCUT2D eigenvalue weighted by Gasteiger charge is -2.43. The lowest BCUT2D eigenvalue weighted by molar-refractivity contribution is -0.160. The van der Waals surface area contributed by atoms with Crippen molar-refractivity contribution in [2.24, 2.45) is 11.8 Å². The number of benzene rings is 1. The molecule has 1 aromatic rings. The fourth-order valence-corrected chi connectivity index (χ4v) is 7.33. The summed E-state index contributed by atoms with van der Waals surface area (Å²) in [5, 5.41) is 10.7. The molecule has 1 aromatic carbocycles. The first-order chi connectivity index (χ1) is 18.9. The van der Waals surface area contributed by atoms with Crippen molar-refractivity contribution in [1.29, 1.82) is 0 Å². The number of nitrogens with zero attached hydrogens (tertiary/aromatic N) is 3. The van der Waals surface area contributed by atoms with Crippen molar-refractivity contribution in [3.05, 3.63) is 61.2 Å². The van der Waals surface area contributed by atoms with E-state index in [0.717, 1.165) is 5.56 Å². The zero-order chi connectivity index (χ0) is 29.5. The summed E-state index contributed by atoms with van der Waals surface area (Å²) < 4.78 is 6.91. The maximum Gasteiger partial charge on any atom is 0.249 e. The summed E-state index contributed by atoms with van der Waals surface area (Å²) in [7, 11) is 1.71. The van der Waals surface area contributed by atoms with Crippen molar-refractivity contribution in [2.75, 3.05) is 26.7 Å². The second-order valence-corrected chi connectivity index (χ2v) is 12.5. The summed E-state index contributed by atoms with van der Waals surface area (Å²) in [6, 6.07) is 8.01. The summed E-state index contributed by atoms with van der Waals surface area (Å²) in [5.41, 5.74) is -1.59. The van der Waals surface area contributed by atoms with Gasteiger partial charge in [-0.25, -0.2) is 0 Å². The largest absolute Gasteiger partial charge is 0.394 e. The molecular weight excluding hydrogens is 506 g/mol. The van der Waals surface area contributed by atoms with Gasteiger partial charge in [0.05, 0.1) is 30.1 Å². The van der Waals surface area contributed by atoms with E-state index in [1.54, 1.807) is 33.9 Å². The number of likely N-dealkylation sites (N-methyl/N-ethyl adjacent to an activating group) is 1. The van der Waals surface area contributed by atoms with Crippen molar-refractivity contribution < 1.29 is 24.2 Å². The fraction of sp³-hybridized carbons (Fsp3) is 0.594. The minimum atomic E-state index is -1.16. The number of ether oxygens (including phenoxy) is 1. The third kappa shape index (κ3) is 4.69. The number of likely N-dealkylation sites (tertiary alicyclic amines) is 1. The molecule has 0 saturated carbocycles. The minimum Gasteiger partial charge on any atom is -0.394 e. The van der Waals surface area contributed by atoms with Crippen LogP contribution >= 0.6 is 0 Å². The van der Waals surface area contributed by atoms with Crippen molar-refractivity contribution in [1.82, 2.24) is 14.7 Å². The second kappa shape index (κ2) is 11.1. The number of amides is 3. The van der Waals surface area contributed by atoms with Gasteiger partial charge in [0.25, 0.3) is 0 Å². The third-order valence-electron chi connectivity index (χ3n) is 9.20. The molecule has 0 aliphatic carbocycles. The standard InChI is InChI=1S/C32H45N3O5/c1-8-18-33(7)27(37)24-25-28(38)35(23(21-36)20-22-14-12-11-13-15-22)26(29(39)34(19-9-2)30(4,5)6)32(25)17-16-31(24,10-3)40-32/h8-9,11-15,23-26,36H,1-2,10,16-21H2,3-7H3/t23-,24+,25+,26?,31-,32?/m1/s1. The van der Waals surface area contributed by atoms with E-state index in [-0.39, 0.29) is 24.3 Å². The molecule has 3 saturated heterocycles. The number of aliphatic hydroxyl groups excluding tert-OH is 1. The van der Waals surface area contributed by atoms with E-state index in [0.29, 0.717) is 38.8 Å². The van der Waals surface area contributed by atoms with E-state index in [9.17, 15) is 19.5 Å². The molecule has 0 aromatic heterocycles. The Morgan fingerprint density at radius 2 is 1.80 bits per heavy atom. The van der Waals surface area contributed by atoms with Crippen LogP contribution in [0.2, 0.25) is 0 Å². The van der Waals surface area contributed by atoms with Crippen LogP contribution in [0.1, 0.15) is 52.5 Å². The van der Waals surface area contributed by atoms with Crippen molar-refractivity contribution in [3.8, 4) is 0 Å². The maximum atomic E-state index is 14.7. The van der Waals surface area contributed by atoms with E-state index < -0.39 is 40.7 Å². The summed E-state index contributed by atoms with van der Waals surface area (Å²) in [4.78, 5) is 48.1. The van der Waals surface area contributed by atoms with E-state index in [1.165, 1.54) is 0 Å². The summed E-state index contributed by atoms with van der Waals surface area (Å²) in [6.07, 6.45) is 5.36. The number of carbonyl (C=O) groups is 3. The first-order valence-electron chi connectivity index (χ1n) is 14.4. The number of hydrogen-bond acceptors (Lipinski definition) is 5. The maximum absolute atomic E-state index is 14.7. The average Bonchev–Trinajstić information content (AvgIpc) is 3.53. The minimum absolute atomic E-state index is 0.169. The summed E-state index contributed by atoms with van der Waals surface area (Å²) >= 11 is 0. The highest BCUT2D eigenvalue weighted by molar-refractivity contribution is 5.99. The Bertz CT molecular complexity index is 1150. The molecule has 6 atom stereocenters. The van der Waals surface area contributed by atoms with Crippen molar-refractivity contribution >= 4 is 17.7 Å². The van der Waals surface area contributed by atoms with Gasteiger partial charge in [-0.05, 0) is 52.0 Å². The molecule has 3 amide bonds. The van der Waals surface area contributed by atoms with E-state index in [2.05, 4.69) is 13.2 Å². The van der Waals surface area contributed by atoms with Crippen LogP contribution in [0.3, 0.4) is 0 Å². The molecule has 8 nitrogen and oxygen atoms in total. The molecule has 2 bridgehead atoms. The lowest BCUT2D eigenvalue weighted by Crippen LogP contribution is -2.62. The van der Waals surface area contributed by atoms with Crippen molar-refractivity contribution in [3.63, 3.8) is 0 Å². The first kappa shape index (κ1) is 30.0. The van der Waals surface area contributed by atoms with Crippen LogP contribution < -0.4 is 0 Å². The highest BCUT2D eigenvalue weighted by Crippen LogP contribution is 2.65. The third-order valence-corrected chi connectivity index (χ3v) is 9.20. The van der Waals surface area contributed by atoms with Gasteiger partial charge in [-0.15, -0.1) is 13.2 Å². The van der Waals surface area contributed by atoms with Gasteiger partial charge < -0.3 is 24.5 Å². The Labute approximate surface area is 238 Å². The van der Waals surface area contributed by atoms with Gasteiger partial charge in [0, 0.05) is 25.7 Å². The van der Waals surface area contributed by atoms with Gasteiger partial charge in [-0.2, -0.15) is 0 Å². The van der Waals surface area contributed by atoms with Crippen LogP contribution in [-0.2, 0) is 25.5 Å². The van der Waals surface area contributed by atoms with Gasteiger partial charge in [0.15, 0.2) is 0 Å². The van der Waals surface area contributed by atoms with Crippen LogP contribution in [0.5, 0.6) is 0 Å². The first-order valence-corrected chi connectivity index (χ1v) is 14.4. The topological polar surface area (TPSA) is 90.4 Å². The molecule has 4 rings (SSSR count). The van der Waals surface area contributed by atoms with Gasteiger partial charge in [-0.1, -0.05) is 49.4 Å². The Kier molecular flexibility index (Phi) is 8.35. The molecule has 8 heteroatoms. The Morgan fingerprint density at radius 3 is 2.35 bits per heavy atom. The molecule has 218 valence electrons. The predicted molar refractivity (Wildman–Crippen MR) is 154 cm³/mol. The van der Waals surface area contributed by atoms with E-state index in [4.69, 9.17) is 4.74 Å². The molecule has 3 heterocycles. The monoisotopic (exact) mass is 551 g/mol. The zero-order valence-electron chi connectivity index (χ0n) is 24.6. The molecule has 3 aliphatic rings. The predicted octanol–water partition coefficient (Wildman–Crippen LogP) is 3.20. The SMILES string of the molecule is C=CCN(C)C(=O)[C@@H]1[C@H]2C(=O)N([C@@H](CO)Cc3ccccc3)C(C(=O)N(CC=C)C(C)(C)C)C23CC[C@@]1(CC)O3. The molecule has 0 radical (unpaired) electrons. The molecule has 1 spiro atoms. The van der Waals surface area contributed by atoms with E-state index in [1.807, 2.05) is 58.0 Å². The number of hydrogen-bond donors (Lipinski definition) is 1. The molecule has 2 unspecified atom stereocenters. The quantitative estimate of drug-likeness (QED) is 0.427. The highest BCUT2D eigenvalue weighted by atomic mass is 16.5. The summed E-state index contributed by atoms with van der Waals surface area (Å²) in [6.45, 7) is 15.8. The van der Waals surface area contributed by atoms with Gasteiger partial charge >= 0.3 is 0 Å². The van der Waals surface area contributed by atoms with Crippen LogP contribution in [-0.4, -0.2) is 93.1 Å². The second-order valence-electron chi connectivity index (χ2n) is 12.5. The molecule has 3 fully saturated rings. The van der Waals surface area contributed by atoms with Crippen LogP contribution in [0, 0.1) is 11.8 Å². The average molecular weight is 552 g/mol. The smallest absolute Gasteiger partial charge is 0.249 e. The van der Waals surface area contributed by atoms with Gasteiger partial charge in [0.1, 0.15) is 11.6 Å². The number of rotatable bonds is 11. The van der Waals surface area contributed by atoms with Crippen LogP contribution in [0.4, 0.5) is 0 Å². The van der Waals surface area contributed by atoms with E-state index >= 15 is 0 Å². The number of carbonyl (C=O) groups excluding carboxylic acids is 3. The summed E-state index contributed by atoms with van der Waals surface area (Å²) in [5.74, 6) is -2.24. The van der Waals surface area contributed by atoms with Crippen LogP contribution in [0.15, 0.2) is 55.6 Å². The number of fused-ring (bicyclic) bond motifs is 1. The molecular formula is C32H45N3O5. The lowest BCUT2D eigenvalue weighted by atomic mass is 9.64. The van der Waals surface area contributed by atoms with Crippen molar-refractivity contribution in [2.45, 2.75) is 82.2 Å². The van der Waals surface area contributed by atoms with Crippen LogP contribution in [0.25, 0.3) is 0 Å². The molecule has 3 aliphatic heterocycles. The zero-order valence-corrected chi connectivity index (χ0v) is 24.6. The Hall–Kier alpha value is -2.97. The Balaban J connectivity index is 1.87.